The van der Waals surface area contributed by atoms with Gasteiger partial charge in [0.15, 0.2) is 0 Å². The van der Waals surface area contributed by atoms with Crippen LogP contribution in [-0.4, -0.2) is 147 Å². The minimum atomic E-state index is -1.18. The first-order chi connectivity index (χ1) is 46.8. The number of hydrogen-bond donors (Lipinski definition) is 7. The van der Waals surface area contributed by atoms with Gasteiger partial charge in [-0.3, -0.25) is 33.6 Å². The summed E-state index contributed by atoms with van der Waals surface area (Å²) in [7, 11) is 0. The lowest BCUT2D eigenvalue weighted by atomic mass is 9.86. The summed E-state index contributed by atoms with van der Waals surface area (Å²) in [5.74, 6) is -5.00. The molecule has 1 saturated heterocycles. The number of aryl methyl sites for hydroxylation is 1. The van der Waals surface area contributed by atoms with Crippen LogP contribution in [0.3, 0.4) is 0 Å². The predicted octanol–water partition coefficient (Wildman–Crippen LogP) is 9.75. The van der Waals surface area contributed by atoms with Gasteiger partial charge in [-0.25, -0.2) is 34.9 Å². The number of aromatic nitrogens is 7. The predicted molar refractivity (Wildman–Crippen MR) is 372 cm³/mol. The number of nitrogens with one attached hydrogen (secondary N) is 4. The van der Waals surface area contributed by atoms with E-state index in [1.807, 2.05) is 79.2 Å². The van der Waals surface area contributed by atoms with Gasteiger partial charge in [-0.2, -0.15) is 0 Å². The highest BCUT2D eigenvalue weighted by Crippen LogP contribution is 2.43. The summed E-state index contributed by atoms with van der Waals surface area (Å²) in [6, 6.07) is 16.4. The lowest BCUT2D eigenvalue weighted by Gasteiger charge is -2.29. The van der Waals surface area contributed by atoms with Gasteiger partial charge in [-0.1, -0.05) is 70.2 Å². The molecule has 9 aromatic rings. The number of fused-ring (bicyclic) bond motifs is 16. The summed E-state index contributed by atoms with van der Waals surface area (Å²) < 4.78 is 6.11. The lowest BCUT2D eigenvalue weighted by Crippen LogP contribution is -2.50. The second-order valence-corrected chi connectivity index (χ2v) is 29.7. The molecule has 30 heteroatoms. The highest BCUT2D eigenvalue weighted by Gasteiger charge is 2.46. The maximum atomic E-state index is 15.5. The Balaban J connectivity index is 0.920. The van der Waals surface area contributed by atoms with Gasteiger partial charge in [0, 0.05) is 74.7 Å². The molecule has 97 heavy (non-hydrogen) atoms. The van der Waals surface area contributed by atoms with E-state index in [1.54, 1.807) is 40.1 Å². The third kappa shape index (κ3) is 15.4. The highest BCUT2D eigenvalue weighted by atomic mass is 32.1. The topological polar surface area (TPSA) is 340 Å². The van der Waals surface area contributed by atoms with Crippen LogP contribution in [0.15, 0.2) is 93.6 Å². The molecular weight excluding hydrogens is 1350 g/mol. The molecular formula is C67H70N14O10S6. The van der Waals surface area contributed by atoms with Crippen LogP contribution in [0.2, 0.25) is 0 Å². The van der Waals surface area contributed by atoms with Crippen LogP contribution in [0.25, 0.3) is 43.4 Å². The summed E-state index contributed by atoms with van der Waals surface area (Å²) in [4.78, 5) is 136. The molecule has 0 spiro atoms. The zero-order valence-corrected chi connectivity index (χ0v) is 58.3. The van der Waals surface area contributed by atoms with Gasteiger partial charge in [-0.15, -0.1) is 68.0 Å². The van der Waals surface area contributed by atoms with Gasteiger partial charge < -0.3 is 51.8 Å². The minimum Gasteiger partial charge on any atom is -0.492 e. The zero-order chi connectivity index (χ0) is 68.2. The molecule has 24 nitrogen and oxygen atoms in total. The number of carboxylic acids is 1. The number of carbonyl (C=O) groups is 7. The van der Waals surface area contributed by atoms with Crippen LogP contribution < -0.4 is 31.7 Å². The van der Waals surface area contributed by atoms with Crippen molar-refractivity contribution in [2.24, 2.45) is 17.6 Å². The summed E-state index contributed by atoms with van der Waals surface area (Å²) in [6.45, 7) is 12.7. The van der Waals surface area contributed by atoms with Crippen LogP contribution in [0.5, 0.6) is 5.75 Å². The number of likely N-dealkylation sites (N-methyl/N-ethyl adjacent to an activating group) is 1. The smallest absolute Gasteiger partial charge is 0.306 e. The van der Waals surface area contributed by atoms with E-state index in [1.165, 1.54) is 45.3 Å². The largest absolute Gasteiger partial charge is 0.492 e. The molecule has 1 saturated carbocycles. The van der Waals surface area contributed by atoms with Crippen LogP contribution in [-0.2, 0) is 20.8 Å². The molecule has 12 rings (SSSR count). The number of nitrogens with zero attached hydrogens (tertiary/aromatic N) is 9. The first-order valence-electron chi connectivity index (χ1n) is 31.8. The maximum Gasteiger partial charge on any atom is 0.306 e. The maximum absolute atomic E-state index is 15.5. The number of aliphatic hydroxyl groups excluding tert-OH is 1. The number of aliphatic carboxylic acids is 1. The Kier molecular flexibility index (Phi) is 21.1. The molecule has 6 amide bonds. The fourth-order valence-electron chi connectivity index (χ4n) is 12.2. The number of amides is 6. The molecule has 2 aliphatic heterocycles. The van der Waals surface area contributed by atoms with Crippen molar-refractivity contribution in [2.45, 2.75) is 115 Å². The second-order valence-electron chi connectivity index (χ2n) is 24.1. The fourth-order valence-corrected chi connectivity index (χ4v) is 17.6. The Bertz CT molecular complexity index is 4360. The Morgan fingerprint density at radius 3 is 2.08 bits per heavy atom. The fraction of sp³-hybridized carbons (Fsp3) is 0.373. The first kappa shape index (κ1) is 68.3. The number of aliphatic hydroxyl groups is 1. The number of ether oxygens (including phenoxy) is 1. The van der Waals surface area contributed by atoms with Crippen molar-refractivity contribution >= 4 is 109 Å². The number of hydrogen-bond acceptors (Lipinski definition) is 23. The van der Waals surface area contributed by atoms with Crippen LogP contribution >= 0.6 is 68.0 Å². The van der Waals surface area contributed by atoms with Crippen molar-refractivity contribution in [1.29, 1.82) is 0 Å². The van der Waals surface area contributed by atoms with Gasteiger partial charge in [0.05, 0.1) is 42.3 Å². The van der Waals surface area contributed by atoms with E-state index >= 15 is 4.79 Å². The summed E-state index contributed by atoms with van der Waals surface area (Å²) >= 11 is 7.26. The van der Waals surface area contributed by atoms with Crippen molar-refractivity contribution < 1.29 is 48.5 Å². The number of thiazole rings is 6. The number of rotatable bonds is 16. The molecule has 3 aliphatic rings. The van der Waals surface area contributed by atoms with Crippen molar-refractivity contribution in [2.75, 3.05) is 32.8 Å². The highest BCUT2D eigenvalue weighted by molar-refractivity contribution is 7.15. The molecule has 8 N–H and O–H groups in total. The Morgan fingerprint density at radius 2 is 1.35 bits per heavy atom. The SMILES string of the molecule is CCN(CC)CCOc1ccc(C[C@@H]2NC(=O)c3csc(n3)[C@H]([C@H](C)c3ccccc3)NC(=O)c3nc(sc3C)[C@H](CC(N)=O)NC(=O)c3csc(n3)-c3ccc(-c4nc(C(=O)N[C@H]5CC[C@H](C(=O)O)CC5)cs4)nc3-c3csc(n3)-c3csc(n3)[C@@H]3[C@@H](C)[C@@H](O)CN3C2=O)cc1. The molecule has 0 unspecified atom stereocenters. The number of carboxylic acid groups (broad SMARTS) is 1. The summed E-state index contributed by atoms with van der Waals surface area (Å²) in [5, 5.41) is 44.2. The standard InChI is InChI=1S/C67H70N14O10S6/c1-6-80(7-2)23-24-91-40-19-13-36(14-20-40)25-44-66(88)81-27-50(82)34(4)55(81)65-77-49(32-96-65)62-73-45(28-93-62)54-41(21-22-42(70-54)61-75-46(30-94-61)56(84)69-39-17-15-38(16-18-39)67(89)90)60-74-47(29-92-60)57(85)71-43(26-51(68)83)63-79-53(35(5)97-63)59(87)78-52(33(3)37-11-9-8-10-12-37)64-76-48(31-95-64)58(86)72-44/h8-14,19-22,28-34,38-39,43-44,50,52,55,82H,6-7,15-18,23-27H2,1-5H3,(H2,68,83)(H,69,84)(H,71,85)(H,72,86)(H,78,87)(H,89,90)/t33-,34+,38-,39-,43+,44+,50+,52+,55+/m1/s1. The van der Waals surface area contributed by atoms with Crippen molar-refractivity contribution in [3.05, 3.63) is 147 Å². The van der Waals surface area contributed by atoms with E-state index < -0.39 is 83.5 Å². The average molecular weight is 1420 g/mol. The molecule has 7 aromatic heterocycles. The zero-order valence-electron chi connectivity index (χ0n) is 53.4. The molecule has 0 radical (unpaired) electrons. The van der Waals surface area contributed by atoms with Crippen molar-refractivity contribution in [3.63, 3.8) is 0 Å². The van der Waals surface area contributed by atoms with Crippen LogP contribution in [0, 0.1) is 18.8 Å². The molecule has 7 atom stereocenters. The van der Waals surface area contributed by atoms with E-state index in [9.17, 15) is 39.0 Å². The molecule has 10 bridgehead atoms. The monoisotopic (exact) mass is 1420 g/mol. The Hall–Kier alpha value is -8.62. The van der Waals surface area contributed by atoms with E-state index in [-0.39, 0.29) is 59.1 Å². The number of benzene rings is 2. The summed E-state index contributed by atoms with van der Waals surface area (Å²) in [5.41, 5.74) is 9.78. The Morgan fingerprint density at radius 1 is 0.701 bits per heavy atom. The van der Waals surface area contributed by atoms with Crippen LogP contribution in [0.4, 0.5) is 0 Å². The van der Waals surface area contributed by atoms with E-state index in [0.717, 1.165) is 53.4 Å². The number of nitrogens with two attached hydrogens (primary N) is 1. The normalized spacial score (nSPS) is 21.1. The van der Waals surface area contributed by atoms with Gasteiger partial charge in [0.25, 0.3) is 23.6 Å². The van der Waals surface area contributed by atoms with Crippen molar-refractivity contribution in [1.82, 2.24) is 66.0 Å². The molecule has 9 heterocycles. The Labute approximate surface area is 582 Å². The first-order valence-corrected chi connectivity index (χ1v) is 37.0. The van der Waals surface area contributed by atoms with E-state index in [2.05, 4.69) is 40.0 Å². The molecule has 2 aromatic carbocycles. The quantitative estimate of drug-likeness (QED) is 0.0473. The molecule has 1 aliphatic carbocycles. The van der Waals surface area contributed by atoms with E-state index in [0.29, 0.717) is 96.3 Å². The second kappa shape index (κ2) is 30.0. The van der Waals surface area contributed by atoms with Gasteiger partial charge in [0.1, 0.15) is 88.3 Å². The van der Waals surface area contributed by atoms with E-state index in [4.69, 9.17) is 45.4 Å². The van der Waals surface area contributed by atoms with Crippen molar-refractivity contribution in [3.8, 4) is 49.1 Å². The molecule has 2 fully saturated rings. The van der Waals surface area contributed by atoms with Crippen LogP contribution in [0.1, 0.15) is 157 Å². The van der Waals surface area contributed by atoms with Gasteiger partial charge in [-0.05, 0) is 81.1 Å². The third-order valence-corrected chi connectivity index (χ3v) is 23.3. The summed E-state index contributed by atoms with van der Waals surface area (Å²) in [6.07, 6.45) is 0.719. The van der Waals surface area contributed by atoms with Gasteiger partial charge in [0.2, 0.25) is 11.8 Å². The number of carbonyl (C=O) groups excluding carboxylic acids is 6. The average Bonchev–Trinajstić information content (AvgIpc) is 1.72. The third-order valence-electron chi connectivity index (χ3n) is 17.8. The number of pyridine rings is 1. The lowest BCUT2D eigenvalue weighted by molar-refractivity contribution is -0.143. The molecule has 504 valence electrons. The van der Waals surface area contributed by atoms with Gasteiger partial charge >= 0.3 is 5.97 Å². The minimum absolute atomic E-state index is 0.00103. The number of primary amides is 1.